The van der Waals surface area contributed by atoms with Gasteiger partial charge in [-0.2, -0.15) is 5.10 Å². The Bertz CT molecular complexity index is 500. The standard InChI is InChI=1S/C11H11Cl2N3/c1-7-11(13)6-16(15-7)9-3-2-8(5-14)10(12)4-9/h2-4,6H,5,14H2,1H3. The van der Waals surface area contributed by atoms with E-state index in [2.05, 4.69) is 5.10 Å². The third kappa shape index (κ3) is 2.07. The van der Waals surface area contributed by atoms with Gasteiger partial charge in [-0.3, -0.25) is 0 Å². The van der Waals surface area contributed by atoms with Crippen LogP contribution in [0.1, 0.15) is 11.3 Å². The van der Waals surface area contributed by atoms with Crippen molar-refractivity contribution in [1.29, 1.82) is 0 Å². The fourth-order valence-electron chi connectivity index (χ4n) is 1.42. The highest BCUT2D eigenvalue weighted by molar-refractivity contribution is 6.31. The summed E-state index contributed by atoms with van der Waals surface area (Å²) in [6.07, 6.45) is 1.75. The lowest BCUT2D eigenvalue weighted by Gasteiger charge is -2.05. The molecule has 0 spiro atoms. The zero-order chi connectivity index (χ0) is 11.7. The highest BCUT2D eigenvalue weighted by Gasteiger charge is 2.06. The second-order valence-electron chi connectivity index (χ2n) is 3.49. The predicted octanol–water partition coefficient (Wildman–Crippen LogP) is 2.95. The molecule has 1 aromatic heterocycles. The number of halogens is 2. The van der Waals surface area contributed by atoms with E-state index in [1.807, 2.05) is 25.1 Å². The lowest BCUT2D eigenvalue weighted by atomic mass is 10.2. The molecular formula is C11H11Cl2N3. The molecule has 84 valence electrons. The van der Waals surface area contributed by atoms with Gasteiger partial charge in [0, 0.05) is 17.8 Å². The predicted molar refractivity (Wildman–Crippen MR) is 66.2 cm³/mol. The summed E-state index contributed by atoms with van der Waals surface area (Å²) in [5, 5.41) is 5.55. The molecule has 2 N–H and O–H groups in total. The summed E-state index contributed by atoms with van der Waals surface area (Å²) in [6.45, 7) is 2.28. The van der Waals surface area contributed by atoms with Crippen molar-refractivity contribution in [3.05, 3.63) is 45.7 Å². The van der Waals surface area contributed by atoms with Crippen molar-refractivity contribution in [3.63, 3.8) is 0 Å². The second kappa shape index (κ2) is 4.45. The third-order valence-corrected chi connectivity index (χ3v) is 3.08. The molecule has 0 saturated carbocycles. The molecule has 0 fully saturated rings. The van der Waals surface area contributed by atoms with Gasteiger partial charge in [0.05, 0.1) is 16.4 Å². The van der Waals surface area contributed by atoms with Crippen LogP contribution in [0.4, 0.5) is 0 Å². The summed E-state index contributed by atoms with van der Waals surface area (Å²) >= 11 is 12.0. The minimum absolute atomic E-state index is 0.429. The summed E-state index contributed by atoms with van der Waals surface area (Å²) < 4.78 is 1.70. The Labute approximate surface area is 104 Å². The van der Waals surface area contributed by atoms with Crippen LogP contribution in [0, 0.1) is 6.92 Å². The molecule has 2 rings (SSSR count). The lowest BCUT2D eigenvalue weighted by Crippen LogP contribution is -2.00. The van der Waals surface area contributed by atoms with Crippen molar-refractivity contribution >= 4 is 23.2 Å². The summed E-state index contributed by atoms with van der Waals surface area (Å²) in [5.41, 5.74) is 8.12. The molecule has 0 unspecified atom stereocenters. The maximum atomic E-state index is 6.07. The molecule has 0 aliphatic rings. The minimum Gasteiger partial charge on any atom is -0.326 e. The second-order valence-corrected chi connectivity index (χ2v) is 4.30. The molecule has 2 aromatic rings. The molecule has 0 aliphatic heterocycles. The topological polar surface area (TPSA) is 43.8 Å². The van der Waals surface area contributed by atoms with Crippen LogP contribution in [0.2, 0.25) is 10.0 Å². The molecule has 5 heteroatoms. The van der Waals surface area contributed by atoms with Crippen LogP contribution in [0.25, 0.3) is 5.69 Å². The smallest absolute Gasteiger partial charge is 0.0819 e. The largest absolute Gasteiger partial charge is 0.326 e. The molecular weight excluding hydrogens is 245 g/mol. The van der Waals surface area contributed by atoms with E-state index < -0.39 is 0 Å². The van der Waals surface area contributed by atoms with Gasteiger partial charge in [-0.15, -0.1) is 0 Å². The fraction of sp³-hybridized carbons (Fsp3) is 0.182. The van der Waals surface area contributed by atoms with Gasteiger partial charge >= 0.3 is 0 Å². The van der Waals surface area contributed by atoms with Crippen LogP contribution in [-0.2, 0) is 6.54 Å². The van der Waals surface area contributed by atoms with Crippen LogP contribution in [0.3, 0.4) is 0 Å². The Morgan fingerprint density at radius 2 is 2.06 bits per heavy atom. The van der Waals surface area contributed by atoms with Gasteiger partial charge in [-0.05, 0) is 24.6 Å². The number of aryl methyl sites for hydroxylation is 1. The first-order chi connectivity index (χ1) is 7.61. The van der Waals surface area contributed by atoms with Gasteiger partial charge in [0.25, 0.3) is 0 Å². The zero-order valence-corrected chi connectivity index (χ0v) is 10.3. The van der Waals surface area contributed by atoms with Crippen molar-refractivity contribution in [2.45, 2.75) is 13.5 Å². The van der Waals surface area contributed by atoms with Crippen molar-refractivity contribution in [2.75, 3.05) is 0 Å². The maximum Gasteiger partial charge on any atom is 0.0819 e. The monoisotopic (exact) mass is 255 g/mol. The van der Waals surface area contributed by atoms with Crippen molar-refractivity contribution in [2.24, 2.45) is 5.73 Å². The zero-order valence-electron chi connectivity index (χ0n) is 8.74. The first-order valence-corrected chi connectivity index (χ1v) is 5.58. The average molecular weight is 256 g/mol. The average Bonchev–Trinajstić information content (AvgIpc) is 2.59. The fourth-order valence-corrected chi connectivity index (χ4v) is 1.80. The number of hydrogen-bond donors (Lipinski definition) is 1. The van der Waals surface area contributed by atoms with E-state index in [4.69, 9.17) is 28.9 Å². The van der Waals surface area contributed by atoms with E-state index in [1.54, 1.807) is 10.9 Å². The Kier molecular flexibility index (Phi) is 3.19. The van der Waals surface area contributed by atoms with E-state index in [1.165, 1.54) is 0 Å². The van der Waals surface area contributed by atoms with E-state index >= 15 is 0 Å². The normalized spacial score (nSPS) is 10.8. The molecule has 1 heterocycles. The van der Waals surface area contributed by atoms with Gasteiger partial charge in [-0.1, -0.05) is 29.3 Å². The molecule has 16 heavy (non-hydrogen) atoms. The number of hydrogen-bond acceptors (Lipinski definition) is 2. The van der Waals surface area contributed by atoms with E-state index in [0.717, 1.165) is 16.9 Å². The first-order valence-electron chi connectivity index (χ1n) is 4.82. The van der Waals surface area contributed by atoms with Gasteiger partial charge < -0.3 is 5.73 Å². The highest BCUT2D eigenvalue weighted by Crippen LogP contribution is 2.21. The van der Waals surface area contributed by atoms with Crippen LogP contribution < -0.4 is 5.73 Å². The Morgan fingerprint density at radius 1 is 1.31 bits per heavy atom. The van der Waals surface area contributed by atoms with Crippen LogP contribution in [0.15, 0.2) is 24.4 Å². The molecule has 1 aromatic carbocycles. The van der Waals surface area contributed by atoms with Gasteiger partial charge in [-0.25, -0.2) is 4.68 Å². The van der Waals surface area contributed by atoms with E-state index in [9.17, 15) is 0 Å². The summed E-state index contributed by atoms with van der Waals surface area (Å²) in [7, 11) is 0. The van der Waals surface area contributed by atoms with Gasteiger partial charge in [0.15, 0.2) is 0 Å². The summed E-state index contributed by atoms with van der Waals surface area (Å²) in [4.78, 5) is 0. The quantitative estimate of drug-likeness (QED) is 0.897. The van der Waals surface area contributed by atoms with E-state index in [-0.39, 0.29) is 0 Å². The molecule has 3 nitrogen and oxygen atoms in total. The van der Waals surface area contributed by atoms with Crippen molar-refractivity contribution in [3.8, 4) is 5.69 Å². The van der Waals surface area contributed by atoms with Crippen LogP contribution >= 0.6 is 23.2 Å². The van der Waals surface area contributed by atoms with Crippen LogP contribution in [-0.4, -0.2) is 9.78 Å². The number of nitrogens with zero attached hydrogens (tertiary/aromatic N) is 2. The number of nitrogens with two attached hydrogens (primary N) is 1. The number of aromatic nitrogens is 2. The molecule has 0 aliphatic carbocycles. The Hall–Kier alpha value is -1.03. The summed E-state index contributed by atoms with van der Waals surface area (Å²) in [6, 6.07) is 5.63. The van der Waals surface area contributed by atoms with Gasteiger partial charge in [0.2, 0.25) is 0 Å². The lowest BCUT2D eigenvalue weighted by molar-refractivity contribution is 0.861. The van der Waals surface area contributed by atoms with Gasteiger partial charge in [0.1, 0.15) is 0 Å². The highest BCUT2D eigenvalue weighted by atomic mass is 35.5. The van der Waals surface area contributed by atoms with Crippen molar-refractivity contribution in [1.82, 2.24) is 9.78 Å². The Morgan fingerprint density at radius 3 is 2.56 bits per heavy atom. The van der Waals surface area contributed by atoms with E-state index in [0.29, 0.717) is 16.6 Å². The molecule has 0 atom stereocenters. The van der Waals surface area contributed by atoms with Crippen LogP contribution in [0.5, 0.6) is 0 Å². The summed E-state index contributed by atoms with van der Waals surface area (Å²) in [5.74, 6) is 0. The SMILES string of the molecule is Cc1nn(-c2ccc(CN)c(Cl)c2)cc1Cl. The Balaban J connectivity index is 2.45. The molecule has 0 saturated heterocycles. The first kappa shape index (κ1) is 11.5. The number of benzene rings is 1. The van der Waals surface area contributed by atoms with Crippen molar-refractivity contribution < 1.29 is 0 Å². The maximum absolute atomic E-state index is 6.07. The molecule has 0 amide bonds. The number of rotatable bonds is 2. The minimum atomic E-state index is 0.429. The third-order valence-electron chi connectivity index (χ3n) is 2.36. The molecule has 0 bridgehead atoms. The molecule has 0 radical (unpaired) electrons.